The molecular weight excluding hydrogens is 256 g/mol. The summed E-state index contributed by atoms with van der Waals surface area (Å²) in [4.78, 5) is 22.1. The summed E-state index contributed by atoms with van der Waals surface area (Å²) in [5.41, 5.74) is -0.617. The second kappa shape index (κ2) is 6.82. The van der Waals surface area contributed by atoms with E-state index in [0.29, 0.717) is 12.8 Å². The van der Waals surface area contributed by atoms with Gasteiger partial charge in [0.25, 0.3) is 5.91 Å². The van der Waals surface area contributed by atoms with Gasteiger partial charge < -0.3 is 10.4 Å². The van der Waals surface area contributed by atoms with Crippen LogP contribution >= 0.6 is 0 Å². The summed E-state index contributed by atoms with van der Waals surface area (Å²) >= 11 is 0. The third-order valence-electron chi connectivity index (χ3n) is 2.71. The first-order valence-corrected chi connectivity index (χ1v) is 5.88. The minimum atomic E-state index is -0.920. The first-order valence-electron chi connectivity index (χ1n) is 5.88. The Morgan fingerprint density at radius 1 is 1.32 bits per heavy atom. The number of nitrogens with one attached hydrogen (secondary N) is 1. The van der Waals surface area contributed by atoms with Crippen molar-refractivity contribution in [2.24, 2.45) is 5.92 Å². The van der Waals surface area contributed by atoms with E-state index < -0.39 is 35.0 Å². The Labute approximate surface area is 109 Å². The van der Waals surface area contributed by atoms with Crippen molar-refractivity contribution in [1.29, 1.82) is 0 Å². The molecule has 1 aromatic rings. The van der Waals surface area contributed by atoms with Gasteiger partial charge in [0.1, 0.15) is 17.2 Å². The predicted molar refractivity (Wildman–Crippen MR) is 64.7 cm³/mol. The Balaban J connectivity index is 2.46. The molecule has 104 valence electrons. The second-order valence-electron chi connectivity index (χ2n) is 4.23. The van der Waals surface area contributed by atoms with Gasteiger partial charge in [-0.15, -0.1) is 0 Å². The van der Waals surface area contributed by atoms with Crippen molar-refractivity contribution in [3.05, 3.63) is 35.4 Å². The molecule has 0 aromatic heterocycles. The molecule has 1 amide bonds. The van der Waals surface area contributed by atoms with Gasteiger partial charge in [-0.1, -0.05) is 13.0 Å². The zero-order valence-corrected chi connectivity index (χ0v) is 10.5. The first kappa shape index (κ1) is 15.1. The van der Waals surface area contributed by atoms with E-state index >= 15 is 0 Å². The maximum absolute atomic E-state index is 13.3. The lowest BCUT2D eigenvalue weighted by atomic mass is 10.1. The molecule has 0 fully saturated rings. The van der Waals surface area contributed by atoms with E-state index in [1.54, 1.807) is 6.92 Å². The highest BCUT2D eigenvalue weighted by atomic mass is 19.1. The standard InChI is InChI=1S/C13H15F2NO3/c1-8(13(18)19)4-3-7-16-12(17)11-9(14)5-2-6-10(11)15/h2,5-6,8H,3-4,7H2,1H3,(H,16,17)(H,18,19). The molecule has 0 spiro atoms. The lowest BCUT2D eigenvalue weighted by Gasteiger charge is -2.08. The molecule has 1 atom stereocenters. The summed E-state index contributed by atoms with van der Waals surface area (Å²) < 4.78 is 26.5. The Morgan fingerprint density at radius 2 is 1.89 bits per heavy atom. The molecule has 19 heavy (non-hydrogen) atoms. The van der Waals surface area contributed by atoms with E-state index in [4.69, 9.17) is 5.11 Å². The van der Waals surface area contributed by atoms with Crippen LogP contribution in [-0.2, 0) is 4.79 Å². The zero-order chi connectivity index (χ0) is 14.4. The maximum Gasteiger partial charge on any atom is 0.306 e. The Kier molecular flexibility index (Phi) is 5.41. The predicted octanol–water partition coefficient (Wildman–Crippen LogP) is 2.20. The molecule has 0 saturated carbocycles. The number of benzene rings is 1. The van der Waals surface area contributed by atoms with Crippen molar-refractivity contribution < 1.29 is 23.5 Å². The second-order valence-corrected chi connectivity index (χ2v) is 4.23. The lowest BCUT2D eigenvalue weighted by molar-refractivity contribution is -0.141. The number of aliphatic carboxylic acids is 1. The van der Waals surface area contributed by atoms with E-state index in [-0.39, 0.29) is 6.54 Å². The molecule has 4 nitrogen and oxygen atoms in total. The third-order valence-corrected chi connectivity index (χ3v) is 2.71. The van der Waals surface area contributed by atoms with Crippen molar-refractivity contribution in [2.45, 2.75) is 19.8 Å². The van der Waals surface area contributed by atoms with Crippen LogP contribution in [0.25, 0.3) is 0 Å². The van der Waals surface area contributed by atoms with Crippen molar-refractivity contribution in [3.8, 4) is 0 Å². The van der Waals surface area contributed by atoms with Gasteiger partial charge in [0.2, 0.25) is 0 Å². The van der Waals surface area contributed by atoms with Crippen molar-refractivity contribution >= 4 is 11.9 Å². The molecule has 1 aromatic carbocycles. The van der Waals surface area contributed by atoms with E-state index in [9.17, 15) is 18.4 Å². The molecule has 1 rings (SSSR count). The highest BCUT2D eigenvalue weighted by Crippen LogP contribution is 2.12. The summed E-state index contributed by atoms with van der Waals surface area (Å²) in [6.45, 7) is 1.73. The number of halogens is 2. The Hall–Kier alpha value is -1.98. The quantitative estimate of drug-likeness (QED) is 0.779. The molecule has 0 aliphatic heterocycles. The molecule has 0 aliphatic carbocycles. The average molecular weight is 271 g/mol. The smallest absolute Gasteiger partial charge is 0.306 e. The number of amides is 1. The van der Waals surface area contributed by atoms with Gasteiger partial charge in [0.05, 0.1) is 5.92 Å². The van der Waals surface area contributed by atoms with Crippen LogP contribution in [0, 0.1) is 17.6 Å². The molecule has 1 unspecified atom stereocenters. The molecule has 0 aliphatic rings. The van der Waals surface area contributed by atoms with Crippen LogP contribution in [0.3, 0.4) is 0 Å². The summed E-state index contributed by atoms with van der Waals surface area (Å²) in [6, 6.07) is 3.19. The third kappa shape index (κ3) is 4.31. The van der Waals surface area contributed by atoms with Gasteiger partial charge in [-0.25, -0.2) is 8.78 Å². The minimum absolute atomic E-state index is 0.171. The molecule has 2 N–H and O–H groups in total. The number of carboxylic acids is 1. The molecule has 0 radical (unpaired) electrons. The normalized spacial score (nSPS) is 11.9. The minimum Gasteiger partial charge on any atom is -0.481 e. The van der Waals surface area contributed by atoms with Crippen molar-refractivity contribution in [2.75, 3.05) is 6.54 Å². The number of carbonyl (C=O) groups excluding carboxylic acids is 1. The fourth-order valence-corrected chi connectivity index (χ4v) is 1.54. The maximum atomic E-state index is 13.3. The van der Waals surface area contributed by atoms with Crippen LogP contribution in [0.5, 0.6) is 0 Å². The van der Waals surface area contributed by atoms with E-state index in [1.165, 1.54) is 6.07 Å². The van der Waals surface area contributed by atoms with Gasteiger partial charge in [-0.3, -0.25) is 9.59 Å². The van der Waals surface area contributed by atoms with Gasteiger partial charge in [0.15, 0.2) is 0 Å². The molecule has 0 bridgehead atoms. The number of rotatable bonds is 6. The van der Waals surface area contributed by atoms with Crippen LogP contribution < -0.4 is 5.32 Å². The van der Waals surface area contributed by atoms with Gasteiger partial charge >= 0.3 is 5.97 Å². The van der Waals surface area contributed by atoms with Crippen LogP contribution in [-0.4, -0.2) is 23.5 Å². The molecular formula is C13H15F2NO3. The number of carboxylic acid groups (broad SMARTS) is 1. The monoisotopic (exact) mass is 271 g/mol. The topological polar surface area (TPSA) is 66.4 Å². The van der Waals surface area contributed by atoms with Crippen molar-refractivity contribution in [1.82, 2.24) is 5.32 Å². The van der Waals surface area contributed by atoms with E-state index in [0.717, 1.165) is 12.1 Å². The van der Waals surface area contributed by atoms with Gasteiger partial charge in [0, 0.05) is 6.54 Å². The number of hydrogen-bond acceptors (Lipinski definition) is 2. The summed E-state index contributed by atoms with van der Waals surface area (Å²) in [5, 5.41) is 11.0. The number of carbonyl (C=O) groups is 2. The SMILES string of the molecule is CC(CCCNC(=O)c1c(F)cccc1F)C(=O)O. The lowest BCUT2D eigenvalue weighted by Crippen LogP contribution is -2.27. The average Bonchev–Trinajstić information content (AvgIpc) is 2.34. The highest BCUT2D eigenvalue weighted by Gasteiger charge is 2.16. The largest absolute Gasteiger partial charge is 0.481 e. The fourth-order valence-electron chi connectivity index (χ4n) is 1.54. The van der Waals surface area contributed by atoms with Gasteiger partial charge in [-0.2, -0.15) is 0 Å². The van der Waals surface area contributed by atoms with Crippen LogP contribution in [0.2, 0.25) is 0 Å². The molecule has 0 heterocycles. The van der Waals surface area contributed by atoms with Crippen LogP contribution in [0.1, 0.15) is 30.1 Å². The zero-order valence-electron chi connectivity index (χ0n) is 10.5. The summed E-state index contributed by atoms with van der Waals surface area (Å²) in [6.07, 6.45) is 0.810. The summed E-state index contributed by atoms with van der Waals surface area (Å²) in [5.74, 6) is -4.10. The highest BCUT2D eigenvalue weighted by molar-refractivity contribution is 5.94. The van der Waals surface area contributed by atoms with E-state index in [1.807, 2.05) is 0 Å². The Bertz CT molecular complexity index is 457. The van der Waals surface area contributed by atoms with E-state index in [2.05, 4.69) is 5.32 Å². The summed E-state index contributed by atoms with van der Waals surface area (Å²) in [7, 11) is 0. The first-order chi connectivity index (χ1) is 8.93. The fraction of sp³-hybridized carbons (Fsp3) is 0.385. The number of hydrogen-bond donors (Lipinski definition) is 2. The molecule has 0 saturated heterocycles. The van der Waals surface area contributed by atoms with Gasteiger partial charge in [-0.05, 0) is 25.0 Å². The van der Waals surface area contributed by atoms with Crippen LogP contribution in [0.4, 0.5) is 8.78 Å². The van der Waals surface area contributed by atoms with Crippen LogP contribution in [0.15, 0.2) is 18.2 Å². The Morgan fingerprint density at radius 3 is 2.42 bits per heavy atom. The van der Waals surface area contributed by atoms with Crippen molar-refractivity contribution in [3.63, 3.8) is 0 Å². The molecule has 6 heteroatoms.